The van der Waals surface area contributed by atoms with E-state index < -0.39 is 39.9 Å². The summed E-state index contributed by atoms with van der Waals surface area (Å²) in [6.07, 6.45) is 1.51. The van der Waals surface area contributed by atoms with Crippen molar-refractivity contribution in [3.8, 4) is 11.1 Å². The van der Waals surface area contributed by atoms with Crippen LogP contribution in [-0.2, 0) is 23.8 Å². The highest BCUT2D eigenvalue weighted by molar-refractivity contribution is 8.00. The first-order valence-electron chi connectivity index (χ1n) is 13.5. The Labute approximate surface area is 242 Å². The molecule has 0 aliphatic carbocycles. The standard InChI is InChI=1S/C32H42N2O5S/c1-9-19-40-32(24-17-15-23(16-18-24)22-13-11-10-12-14-22)20-25(28(36)38-8)34(21-32)27(35)26(30(2,3)4)33-29(37)39-31(5,6)7/h9-18,25-26H,1,19-21H2,2-8H3,(H,33,37)/t25-,26+,32-/m0/s1. The van der Waals surface area contributed by atoms with Gasteiger partial charge in [-0.3, -0.25) is 4.79 Å². The molecule has 2 amide bonds. The van der Waals surface area contributed by atoms with Crippen LogP contribution < -0.4 is 5.32 Å². The van der Waals surface area contributed by atoms with Crippen LogP contribution in [0.25, 0.3) is 11.1 Å². The molecule has 0 saturated carbocycles. The number of hydrogen-bond acceptors (Lipinski definition) is 6. The smallest absolute Gasteiger partial charge is 0.408 e. The fourth-order valence-electron chi connectivity index (χ4n) is 4.90. The van der Waals surface area contributed by atoms with Gasteiger partial charge in [-0.05, 0) is 49.3 Å². The second-order valence-corrected chi connectivity index (χ2v) is 13.6. The summed E-state index contributed by atoms with van der Waals surface area (Å²) in [4.78, 5) is 41.6. The van der Waals surface area contributed by atoms with Crippen molar-refractivity contribution in [2.45, 2.75) is 70.4 Å². The molecule has 3 atom stereocenters. The van der Waals surface area contributed by atoms with E-state index in [0.29, 0.717) is 12.2 Å². The van der Waals surface area contributed by atoms with Crippen LogP contribution in [-0.4, -0.2) is 60.0 Å². The molecule has 7 nitrogen and oxygen atoms in total. The van der Waals surface area contributed by atoms with Crippen molar-refractivity contribution in [1.82, 2.24) is 10.2 Å². The van der Waals surface area contributed by atoms with Crippen molar-refractivity contribution in [3.05, 3.63) is 72.8 Å². The van der Waals surface area contributed by atoms with Crippen molar-refractivity contribution in [3.63, 3.8) is 0 Å². The monoisotopic (exact) mass is 566 g/mol. The van der Waals surface area contributed by atoms with Crippen molar-refractivity contribution in [1.29, 1.82) is 0 Å². The zero-order valence-electron chi connectivity index (χ0n) is 24.7. The van der Waals surface area contributed by atoms with Crippen molar-refractivity contribution >= 4 is 29.7 Å². The number of alkyl carbamates (subject to hydrolysis) is 1. The van der Waals surface area contributed by atoms with Gasteiger partial charge in [0.1, 0.15) is 17.7 Å². The van der Waals surface area contributed by atoms with Gasteiger partial charge in [-0.2, -0.15) is 0 Å². The molecule has 1 heterocycles. The van der Waals surface area contributed by atoms with Gasteiger partial charge in [-0.1, -0.05) is 81.4 Å². The molecule has 2 aromatic rings. The van der Waals surface area contributed by atoms with Crippen LogP contribution in [0.2, 0.25) is 0 Å². The Morgan fingerprint density at radius 3 is 2.17 bits per heavy atom. The fourth-order valence-corrected chi connectivity index (χ4v) is 6.15. The average molecular weight is 567 g/mol. The maximum absolute atomic E-state index is 14.2. The largest absolute Gasteiger partial charge is 0.467 e. The van der Waals surface area contributed by atoms with Gasteiger partial charge in [0.15, 0.2) is 0 Å². The maximum Gasteiger partial charge on any atom is 0.408 e. The van der Waals surface area contributed by atoms with Crippen LogP contribution in [0.5, 0.6) is 0 Å². The van der Waals surface area contributed by atoms with Crippen LogP contribution in [0.4, 0.5) is 4.79 Å². The summed E-state index contributed by atoms with van der Waals surface area (Å²) in [6.45, 7) is 15.1. The summed E-state index contributed by atoms with van der Waals surface area (Å²) in [5, 5.41) is 2.78. The van der Waals surface area contributed by atoms with E-state index in [4.69, 9.17) is 9.47 Å². The topological polar surface area (TPSA) is 84.9 Å². The second kappa shape index (κ2) is 12.5. The third-order valence-corrected chi connectivity index (χ3v) is 8.34. The van der Waals surface area contributed by atoms with Gasteiger partial charge in [-0.15, -0.1) is 18.3 Å². The average Bonchev–Trinajstić information content (AvgIpc) is 3.30. The van der Waals surface area contributed by atoms with Gasteiger partial charge in [-0.25, -0.2) is 9.59 Å². The molecule has 1 fully saturated rings. The first-order chi connectivity index (χ1) is 18.7. The summed E-state index contributed by atoms with van der Waals surface area (Å²) in [5.74, 6) is -0.203. The van der Waals surface area contributed by atoms with Crippen LogP contribution in [0.15, 0.2) is 67.3 Å². The fraction of sp³-hybridized carbons (Fsp3) is 0.469. The molecule has 0 spiro atoms. The van der Waals surface area contributed by atoms with E-state index in [1.54, 1.807) is 37.4 Å². The molecule has 0 aromatic heterocycles. The second-order valence-electron chi connectivity index (χ2n) is 12.2. The zero-order chi connectivity index (χ0) is 29.7. The Hall–Kier alpha value is -3.26. The number of carbonyl (C=O) groups is 3. The molecule has 1 aliphatic rings. The number of nitrogens with zero attached hydrogens (tertiary/aromatic N) is 1. The molecule has 1 N–H and O–H groups in total. The normalized spacial score (nSPS) is 20.0. The third-order valence-electron chi connectivity index (χ3n) is 6.85. The van der Waals surface area contributed by atoms with Gasteiger partial charge < -0.3 is 19.7 Å². The minimum Gasteiger partial charge on any atom is -0.467 e. The lowest BCUT2D eigenvalue weighted by molar-refractivity contribution is -0.152. The number of methoxy groups -OCH3 is 1. The lowest BCUT2D eigenvalue weighted by Gasteiger charge is -2.36. The Balaban J connectivity index is 2.00. The Morgan fingerprint density at radius 1 is 1.05 bits per heavy atom. The first kappa shape index (κ1) is 31.3. The summed E-state index contributed by atoms with van der Waals surface area (Å²) >= 11 is 1.65. The molecule has 0 unspecified atom stereocenters. The first-order valence-corrected chi connectivity index (χ1v) is 14.5. The third kappa shape index (κ3) is 7.47. The maximum atomic E-state index is 14.2. The van der Waals surface area contributed by atoms with E-state index in [2.05, 4.69) is 48.3 Å². The lowest BCUT2D eigenvalue weighted by Crippen LogP contribution is -2.57. The van der Waals surface area contributed by atoms with E-state index in [0.717, 1.165) is 16.7 Å². The molecule has 3 rings (SSSR count). The molecule has 2 aromatic carbocycles. The number of benzene rings is 2. The number of carbonyl (C=O) groups excluding carboxylic acids is 3. The summed E-state index contributed by atoms with van der Waals surface area (Å²) in [6, 6.07) is 16.7. The SMILES string of the molecule is C=CCS[C@@]1(c2ccc(-c3ccccc3)cc2)C[C@@H](C(=O)OC)N(C(=O)[C@@H](NC(=O)OC(C)(C)C)C(C)(C)C)C1. The van der Waals surface area contributed by atoms with E-state index in [9.17, 15) is 14.4 Å². The molecular formula is C32H42N2O5S. The Kier molecular flexibility index (Phi) is 9.77. The highest BCUT2D eigenvalue weighted by Crippen LogP contribution is 2.48. The van der Waals surface area contributed by atoms with E-state index >= 15 is 0 Å². The van der Waals surface area contributed by atoms with Crippen LogP contribution in [0.3, 0.4) is 0 Å². The lowest BCUT2D eigenvalue weighted by atomic mass is 9.85. The molecule has 216 valence electrons. The molecule has 0 radical (unpaired) electrons. The van der Waals surface area contributed by atoms with Gasteiger partial charge >= 0.3 is 12.1 Å². The highest BCUT2D eigenvalue weighted by Gasteiger charge is 2.52. The number of hydrogen-bond donors (Lipinski definition) is 1. The van der Waals surface area contributed by atoms with E-state index in [1.165, 1.54) is 7.11 Å². The van der Waals surface area contributed by atoms with Crippen LogP contribution in [0, 0.1) is 5.41 Å². The number of ether oxygens (including phenoxy) is 2. The summed E-state index contributed by atoms with van der Waals surface area (Å²) in [5.41, 5.74) is 1.83. The number of thioether (sulfide) groups is 1. The Morgan fingerprint density at radius 2 is 1.65 bits per heavy atom. The van der Waals surface area contributed by atoms with Gasteiger partial charge in [0.2, 0.25) is 5.91 Å². The summed E-state index contributed by atoms with van der Waals surface area (Å²) < 4.78 is 10.0. The van der Waals surface area contributed by atoms with E-state index in [1.807, 2.05) is 45.0 Å². The molecular weight excluding hydrogens is 524 g/mol. The number of esters is 1. The van der Waals surface area contributed by atoms with Gasteiger partial charge in [0.25, 0.3) is 0 Å². The number of likely N-dealkylation sites (tertiary alicyclic amines) is 1. The predicted molar refractivity (Wildman–Crippen MR) is 161 cm³/mol. The minimum atomic E-state index is -0.921. The van der Waals surface area contributed by atoms with Gasteiger partial charge in [0.05, 0.1) is 11.9 Å². The molecule has 1 aliphatic heterocycles. The number of amides is 2. The zero-order valence-corrected chi connectivity index (χ0v) is 25.5. The molecule has 40 heavy (non-hydrogen) atoms. The predicted octanol–water partition coefficient (Wildman–Crippen LogP) is 6.18. The van der Waals surface area contributed by atoms with Crippen molar-refractivity contribution in [2.24, 2.45) is 5.41 Å². The highest BCUT2D eigenvalue weighted by atomic mass is 32.2. The van der Waals surface area contributed by atoms with Crippen molar-refractivity contribution in [2.75, 3.05) is 19.4 Å². The molecule has 8 heteroatoms. The van der Waals surface area contributed by atoms with Crippen LogP contribution in [0.1, 0.15) is 53.5 Å². The van der Waals surface area contributed by atoms with Gasteiger partial charge in [0, 0.05) is 12.3 Å². The number of rotatable bonds is 8. The van der Waals surface area contributed by atoms with Crippen LogP contribution >= 0.6 is 11.8 Å². The van der Waals surface area contributed by atoms with Crippen molar-refractivity contribution < 1.29 is 23.9 Å². The quantitative estimate of drug-likeness (QED) is 0.303. The number of nitrogens with one attached hydrogen (secondary N) is 1. The molecule has 1 saturated heterocycles. The molecule has 0 bridgehead atoms. The van der Waals surface area contributed by atoms with E-state index in [-0.39, 0.29) is 12.5 Å². The Bertz CT molecular complexity index is 1200. The minimum absolute atomic E-state index is 0.275. The summed E-state index contributed by atoms with van der Waals surface area (Å²) in [7, 11) is 1.33.